The topological polar surface area (TPSA) is 78.9 Å². The van der Waals surface area contributed by atoms with Crippen molar-refractivity contribution in [2.75, 3.05) is 37.1 Å². The van der Waals surface area contributed by atoms with Crippen LogP contribution in [-0.4, -0.2) is 77.5 Å². The number of ether oxygens (including phenoxy) is 3. The first kappa shape index (κ1) is 55.0. The van der Waals surface area contributed by atoms with Crippen LogP contribution in [0.25, 0.3) is 0 Å². The van der Waals surface area contributed by atoms with Crippen LogP contribution in [0.3, 0.4) is 0 Å². The molecule has 0 heterocycles. The van der Waals surface area contributed by atoms with Gasteiger partial charge in [0.15, 0.2) is 0 Å². The van der Waals surface area contributed by atoms with Gasteiger partial charge in [-0.1, -0.05) is 97.8 Å². The summed E-state index contributed by atoms with van der Waals surface area (Å²) >= 11 is 13.6. The van der Waals surface area contributed by atoms with Gasteiger partial charge in [-0.3, -0.25) is 14.4 Å². The Bertz CT molecular complexity index is 552. The minimum absolute atomic E-state index is 0.0782. The van der Waals surface area contributed by atoms with Crippen LogP contribution < -0.4 is 0 Å². The van der Waals surface area contributed by atoms with Gasteiger partial charge in [-0.05, 0) is 19.3 Å². The van der Waals surface area contributed by atoms with Gasteiger partial charge in [0.05, 0.1) is 0 Å². The predicted molar refractivity (Wildman–Crippen MR) is 219 cm³/mol. The molecule has 0 fully saturated rings. The van der Waals surface area contributed by atoms with Crippen LogP contribution in [0.1, 0.15) is 182 Å². The van der Waals surface area contributed by atoms with Crippen molar-refractivity contribution in [2.45, 2.75) is 186 Å². The molecule has 287 valence electrons. The molecule has 0 saturated heterocycles. The second kappa shape index (κ2) is 54.0. The first-order valence-electron chi connectivity index (χ1n) is 19.3. The van der Waals surface area contributed by atoms with Crippen LogP contribution in [0.4, 0.5) is 0 Å². The third-order valence-corrected chi connectivity index (χ3v) is 8.60. The third-order valence-electron chi connectivity index (χ3n) is 7.05. The summed E-state index contributed by atoms with van der Waals surface area (Å²) < 4.78 is 16.1. The van der Waals surface area contributed by atoms with E-state index in [4.69, 9.17) is 14.2 Å². The summed E-state index contributed by atoms with van der Waals surface area (Å²) in [5.74, 6) is 1.60. The molecule has 0 atom stereocenters. The van der Waals surface area contributed by atoms with E-state index in [9.17, 15) is 14.4 Å². The van der Waals surface area contributed by atoms with E-state index < -0.39 is 0 Å². The Balaban J connectivity index is -0.000000271. The third kappa shape index (κ3) is 61.5. The van der Waals surface area contributed by atoms with Crippen LogP contribution in [0.5, 0.6) is 0 Å². The summed E-state index contributed by atoms with van der Waals surface area (Å²) in [5, 5.41) is 0. The zero-order valence-electron chi connectivity index (χ0n) is 31.7. The van der Waals surface area contributed by atoms with Crippen molar-refractivity contribution < 1.29 is 28.6 Å². The number of hydrogen-bond acceptors (Lipinski definition) is 9. The molecule has 0 N–H and O–H groups in total. The van der Waals surface area contributed by atoms with Crippen LogP contribution >= 0.6 is 37.9 Å². The molecule has 48 heavy (non-hydrogen) atoms. The fourth-order valence-corrected chi connectivity index (χ4v) is 5.21. The molecule has 0 saturated carbocycles. The molecule has 0 unspecified atom stereocenters. The molecule has 0 aromatic rings. The van der Waals surface area contributed by atoms with Gasteiger partial charge in [0.2, 0.25) is 0 Å². The van der Waals surface area contributed by atoms with E-state index in [1.54, 1.807) is 22.5 Å². The maximum atomic E-state index is 11.0. The van der Waals surface area contributed by atoms with Crippen LogP contribution in [-0.2, 0) is 28.6 Å². The first-order valence-corrected chi connectivity index (χ1v) is 23.2. The fourth-order valence-electron chi connectivity index (χ4n) is 4.22. The Morgan fingerprint density at radius 1 is 0.396 bits per heavy atom. The molecule has 0 rings (SSSR count). The molecule has 0 aromatic carbocycles. The van der Waals surface area contributed by atoms with Crippen LogP contribution in [0.2, 0.25) is 4.44 Å². The SMILES string of the molecule is CCCCCCCC(=O)OCCS.CCCCCCCC(=O)OCCS.CCCCCCCC(=O)OCCS.CCCCCCC[CH2][Sn]. The Hall–Kier alpha value is 0.259. The normalized spacial score (nSPS) is 10.0. The summed E-state index contributed by atoms with van der Waals surface area (Å²) in [4.78, 5) is 32.9. The Kier molecular flexibility index (Phi) is 61.9. The quantitative estimate of drug-likeness (QED) is 0.0220. The van der Waals surface area contributed by atoms with Crippen molar-refractivity contribution in [2.24, 2.45) is 0 Å². The molecule has 10 heteroatoms. The van der Waals surface area contributed by atoms with Crippen molar-refractivity contribution in [3.05, 3.63) is 0 Å². The molecule has 0 spiro atoms. The van der Waals surface area contributed by atoms with Gasteiger partial charge in [0.1, 0.15) is 19.8 Å². The standard InChI is InChI=1S/3C10H20O2S.C8H17.Sn/c3*1-2-3-4-5-6-7-10(11)12-8-9-13;1-3-5-7-8-6-4-2;/h3*13H,2-9H2,1H3;1,3-8H2,2H3;. The summed E-state index contributed by atoms with van der Waals surface area (Å²) in [5.41, 5.74) is 0. The average molecular weight is 845 g/mol. The Labute approximate surface area is 328 Å². The predicted octanol–water partition coefficient (Wildman–Crippen LogP) is 11.4. The summed E-state index contributed by atoms with van der Waals surface area (Å²) in [7, 11) is 0. The second-order valence-corrected chi connectivity index (χ2v) is 14.6. The van der Waals surface area contributed by atoms with E-state index in [2.05, 4.69) is 65.6 Å². The van der Waals surface area contributed by atoms with E-state index in [0.717, 1.165) is 38.5 Å². The molecular formula is C38H77O6S3Sn. The number of esters is 3. The van der Waals surface area contributed by atoms with Gasteiger partial charge in [-0.25, -0.2) is 0 Å². The summed E-state index contributed by atoms with van der Waals surface area (Å²) in [6.07, 6.45) is 28.0. The molecule has 0 aliphatic rings. The van der Waals surface area contributed by atoms with Gasteiger partial charge < -0.3 is 14.2 Å². The van der Waals surface area contributed by atoms with Crippen molar-refractivity contribution >= 4 is 78.3 Å². The molecule has 6 nitrogen and oxygen atoms in total. The first-order chi connectivity index (χ1) is 23.3. The molecule has 0 bridgehead atoms. The minimum atomic E-state index is -0.0782. The van der Waals surface area contributed by atoms with Gasteiger partial charge in [0, 0.05) is 36.5 Å². The second-order valence-electron chi connectivity index (χ2n) is 11.8. The number of thiol groups is 3. The summed E-state index contributed by atoms with van der Waals surface area (Å²) in [6, 6.07) is 0. The van der Waals surface area contributed by atoms with Crippen molar-refractivity contribution in [3.8, 4) is 0 Å². The Morgan fingerprint density at radius 3 is 0.854 bits per heavy atom. The van der Waals surface area contributed by atoms with E-state index in [-0.39, 0.29) is 17.9 Å². The number of rotatable bonds is 30. The van der Waals surface area contributed by atoms with Gasteiger partial charge in [-0.2, -0.15) is 37.9 Å². The Morgan fingerprint density at radius 2 is 0.625 bits per heavy atom. The zero-order chi connectivity index (χ0) is 36.8. The van der Waals surface area contributed by atoms with E-state index >= 15 is 0 Å². The van der Waals surface area contributed by atoms with Crippen molar-refractivity contribution in [1.29, 1.82) is 0 Å². The van der Waals surface area contributed by atoms with E-state index in [1.807, 2.05) is 0 Å². The maximum absolute atomic E-state index is 11.0. The van der Waals surface area contributed by atoms with Crippen LogP contribution in [0.15, 0.2) is 0 Å². The number of carbonyl (C=O) groups is 3. The number of carbonyl (C=O) groups excluding carboxylic acids is 3. The summed E-state index contributed by atoms with van der Waals surface area (Å²) in [6.45, 7) is 10.1. The van der Waals surface area contributed by atoms with Gasteiger partial charge in [-0.15, -0.1) is 0 Å². The zero-order valence-corrected chi connectivity index (χ0v) is 37.2. The molecule has 0 aliphatic heterocycles. The van der Waals surface area contributed by atoms with Crippen molar-refractivity contribution in [3.63, 3.8) is 0 Å². The average Bonchev–Trinajstić information content (AvgIpc) is 3.09. The van der Waals surface area contributed by atoms with E-state index in [0.29, 0.717) is 56.3 Å². The van der Waals surface area contributed by atoms with Gasteiger partial charge in [0.25, 0.3) is 0 Å². The fraction of sp³-hybridized carbons (Fsp3) is 0.921. The number of unbranched alkanes of at least 4 members (excludes halogenated alkanes) is 17. The number of hydrogen-bond donors (Lipinski definition) is 3. The molecular weight excluding hydrogens is 767 g/mol. The molecule has 0 aromatic heterocycles. The van der Waals surface area contributed by atoms with E-state index in [1.165, 1.54) is 101 Å². The molecule has 0 amide bonds. The molecule has 3 radical (unpaired) electrons. The monoisotopic (exact) mass is 845 g/mol. The van der Waals surface area contributed by atoms with Crippen LogP contribution in [0, 0.1) is 0 Å². The van der Waals surface area contributed by atoms with Crippen molar-refractivity contribution in [1.82, 2.24) is 0 Å². The molecule has 0 aliphatic carbocycles. The van der Waals surface area contributed by atoms with Gasteiger partial charge >= 0.3 is 90.3 Å².